The van der Waals surface area contributed by atoms with Crippen LogP contribution in [0.4, 0.5) is 0 Å². The minimum absolute atomic E-state index is 1.12. The number of carbonyl (C=O) groups excluding carboxylic acids is 1. The third-order valence-corrected chi connectivity index (χ3v) is 1.89. The second-order valence-electron chi connectivity index (χ2n) is 3.02. The number of rotatable bonds is 6. The molecule has 6 N–H and O–H groups in total. The smallest absolute Gasteiger partial charge is 0.205 e. The molecule has 0 radical (unpaired) electrons. The lowest BCUT2D eigenvalue weighted by Crippen LogP contribution is -2.60. The highest BCUT2D eigenvalue weighted by Crippen LogP contribution is 2.15. The predicted octanol–water partition coefficient (Wildman–Crippen LogP) is -4.01. The summed E-state index contributed by atoms with van der Waals surface area (Å²) >= 11 is 0. The molecule has 0 bridgehead atoms. The molecule has 0 spiro atoms. The molecule has 0 atom stereocenters. The van der Waals surface area contributed by atoms with Crippen molar-refractivity contribution in [1.82, 2.24) is 0 Å². The van der Waals surface area contributed by atoms with Crippen molar-refractivity contribution in [2.75, 3.05) is 26.4 Å². The van der Waals surface area contributed by atoms with E-state index in [2.05, 4.69) is 0 Å². The Balaban J connectivity index is 4.90. The Labute approximate surface area is 79.9 Å². The highest BCUT2D eigenvalue weighted by molar-refractivity contribution is 5.95. The second kappa shape index (κ2) is 4.78. The SMILES string of the molecule is O=C(C(O)(CO)CO)C(O)(CO)CO. The molecular weight excluding hydrogens is 196 g/mol. The summed E-state index contributed by atoms with van der Waals surface area (Å²) in [7, 11) is 0. The van der Waals surface area contributed by atoms with Crippen LogP contribution in [0.1, 0.15) is 0 Å². The molecule has 0 aromatic heterocycles. The highest BCUT2D eigenvalue weighted by Gasteiger charge is 2.47. The van der Waals surface area contributed by atoms with E-state index in [1.807, 2.05) is 0 Å². The summed E-state index contributed by atoms with van der Waals surface area (Å²) in [4.78, 5) is 11.3. The molecular formula is C7H14O7. The molecule has 0 saturated heterocycles. The molecule has 0 aromatic carbocycles. The molecule has 0 heterocycles. The van der Waals surface area contributed by atoms with Gasteiger partial charge in [0.1, 0.15) is 0 Å². The van der Waals surface area contributed by atoms with E-state index in [1.54, 1.807) is 0 Å². The van der Waals surface area contributed by atoms with Gasteiger partial charge < -0.3 is 30.6 Å². The van der Waals surface area contributed by atoms with Crippen molar-refractivity contribution >= 4 is 5.78 Å². The van der Waals surface area contributed by atoms with Crippen LogP contribution in [0.5, 0.6) is 0 Å². The summed E-state index contributed by atoms with van der Waals surface area (Å²) in [6, 6.07) is 0. The fraction of sp³-hybridized carbons (Fsp3) is 0.857. The maximum Gasteiger partial charge on any atom is 0.205 e. The van der Waals surface area contributed by atoms with Gasteiger partial charge in [-0.05, 0) is 0 Å². The number of aliphatic hydroxyl groups is 6. The standard InChI is InChI=1S/C7H14O7/c8-1-6(13,2-9)5(12)7(14,3-10)4-11/h8-11,13-14H,1-4H2. The summed E-state index contributed by atoms with van der Waals surface area (Å²) in [5.41, 5.74) is -5.14. The summed E-state index contributed by atoms with van der Waals surface area (Å²) < 4.78 is 0. The topological polar surface area (TPSA) is 138 Å². The number of hydrogen-bond donors (Lipinski definition) is 6. The lowest BCUT2D eigenvalue weighted by molar-refractivity contribution is -0.174. The third kappa shape index (κ3) is 2.27. The number of Topliss-reactive ketones (excluding diaryl/α,β-unsaturated/α-hetero) is 1. The van der Waals surface area contributed by atoms with Gasteiger partial charge >= 0.3 is 0 Å². The molecule has 7 nitrogen and oxygen atoms in total. The monoisotopic (exact) mass is 210 g/mol. The molecule has 0 aliphatic carbocycles. The van der Waals surface area contributed by atoms with E-state index in [-0.39, 0.29) is 0 Å². The first-order chi connectivity index (χ1) is 6.40. The van der Waals surface area contributed by atoms with Crippen LogP contribution < -0.4 is 0 Å². The van der Waals surface area contributed by atoms with Crippen LogP contribution in [0, 0.1) is 0 Å². The van der Waals surface area contributed by atoms with Crippen LogP contribution in [0.2, 0.25) is 0 Å². The molecule has 0 fully saturated rings. The minimum atomic E-state index is -2.57. The van der Waals surface area contributed by atoms with E-state index in [4.69, 9.17) is 20.4 Å². The Hall–Kier alpha value is -0.570. The second-order valence-corrected chi connectivity index (χ2v) is 3.02. The van der Waals surface area contributed by atoms with Gasteiger partial charge in [0.05, 0.1) is 26.4 Å². The van der Waals surface area contributed by atoms with Gasteiger partial charge in [-0.1, -0.05) is 0 Å². The quantitative estimate of drug-likeness (QED) is 0.262. The van der Waals surface area contributed by atoms with Crippen LogP contribution in [0.15, 0.2) is 0 Å². The lowest BCUT2D eigenvalue weighted by Gasteiger charge is -2.30. The molecule has 0 aliphatic rings. The molecule has 14 heavy (non-hydrogen) atoms. The largest absolute Gasteiger partial charge is 0.393 e. The maximum absolute atomic E-state index is 11.3. The van der Waals surface area contributed by atoms with Gasteiger partial charge in [-0.3, -0.25) is 4.79 Å². The summed E-state index contributed by atoms with van der Waals surface area (Å²) in [6.07, 6.45) is 0. The van der Waals surface area contributed by atoms with Gasteiger partial charge in [0.15, 0.2) is 11.2 Å². The summed E-state index contributed by atoms with van der Waals surface area (Å²) in [6.45, 7) is -4.48. The minimum Gasteiger partial charge on any atom is -0.393 e. The van der Waals surface area contributed by atoms with Crippen molar-refractivity contribution in [3.8, 4) is 0 Å². The highest BCUT2D eigenvalue weighted by atomic mass is 16.4. The fourth-order valence-electron chi connectivity index (χ4n) is 0.820. The van der Waals surface area contributed by atoms with Gasteiger partial charge in [-0.15, -0.1) is 0 Å². The molecule has 0 unspecified atom stereocenters. The van der Waals surface area contributed by atoms with Crippen LogP contribution >= 0.6 is 0 Å². The predicted molar refractivity (Wildman–Crippen MR) is 43.2 cm³/mol. The molecule has 0 saturated carbocycles. The van der Waals surface area contributed by atoms with Crippen molar-refractivity contribution < 1.29 is 35.4 Å². The Morgan fingerprint density at radius 1 is 0.786 bits per heavy atom. The number of aliphatic hydroxyl groups excluding tert-OH is 4. The zero-order valence-corrected chi connectivity index (χ0v) is 7.42. The number of ketones is 1. The Kier molecular flexibility index (Phi) is 4.59. The van der Waals surface area contributed by atoms with Crippen molar-refractivity contribution in [3.63, 3.8) is 0 Å². The van der Waals surface area contributed by atoms with Crippen molar-refractivity contribution in [2.45, 2.75) is 11.2 Å². The molecule has 0 amide bonds. The van der Waals surface area contributed by atoms with Crippen molar-refractivity contribution in [3.05, 3.63) is 0 Å². The van der Waals surface area contributed by atoms with Crippen molar-refractivity contribution in [2.24, 2.45) is 0 Å². The van der Waals surface area contributed by atoms with E-state index in [9.17, 15) is 15.0 Å². The van der Waals surface area contributed by atoms with E-state index < -0.39 is 43.4 Å². The first kappa shape index (κ1) is 13.4. The van der Waals surface area contributed by atoms with Gasteiger partial charge in [0.25, 0.3) is 0 Å². The van der Waals surface area contributed by atoms with Gasteiger partial charge in [-0.2, -0.15) is 0 Å². The molecule has 7 heteroatoms. The Bertz CT molecular complexity index is 174. The summed E-state index contributed by atoms with van der Waals surface area (Å²) in [5, 5.41) is 52.9. The first-order valence-electron chi connectivity index (χ1n) is 3.83. The van der Waals surface area contributed by atoms with Crippen LogP contribution in [0.25, 0.3) is 0 Å². The van der Waals surface area contributed by atoms with E-state index in [0.717, 1.165) is 0 Å². The van der Waals surface area contributed by atoms with Crippen molar-refractivity contribution in [1.29, 1.82) is 0 Å². The normalized spacial score (nSPS) is 13.0. The molecule has 0 rings (SSSR count). The van der Waals surface area contributed by atoms with E-state index in [0.29, 0.717) is 0 Å². The third-order valence-electron chi connectivity index (χ3n) is 1.89. The van der Waals surface area contributed by atoms with Gasteiger partial charge in [-0.25, -0.2) is 0 Å². The van der Waals surface area contributed by atoms with Crippen LogP contribution in [-0.2, 0) is 4.79 Å². The molecule has 0 aliphatic heterocycles. The van der Waals surface area contributed by atoms with E-state index in [1.165, 1.54) is 0 Å². The van der Waals surface area contributed by atoms with Crippen LogP contribution in [0.3, 0.4) is 0 Å². The fourth-order valence-corrected chi connectivity index (χ4v) is 0.820. The summed E-state index contributed by atoms with van der Waals surface area (Å²) in [5.74, 6) is -1.43. The van der Waals surface area contributed by atoms with Gasteiger partial charge in [0.2, 0.25) is 5.78 Å². The average Bonchev–Trinajstić information content (AvgIpc) is 2.25. The molecule has 0 aromatic rings. The Morgan fingerprint density at radius 2 is 1.00 bits per heavy atom. The number of carbonyl (C=O) groups is 1. The zero-order chi connectivity index (χ0) is 11.4. The average molecular weight is 210 g/mol. The number of hydrogen-bond acceptors (Lipinski definition) is 7. The van der Waals surface area contributed by atoms with Gasteiger partial charge in [0, 0.05) is 0 Å². The lowest BCUT2D eigenvalue weighted by atomic mass is 9.87. The maximum atomic E-state index is 11.3. The van der Waals surface area contributed by atoms with Crippen LogP contribution in [-0.4, -0.2) is 74.1 Å². The van der Waals surface area contributed by atoms with E-state index >= 15 is 0 Å². The first-order valence-corrected chi connectivity index (χ1v) is 3.83. The molecule has 84 valence electrons. The Morgan fingerprint density at radius 3 is 1.14 bits per heavy atom. The zero-order valence-electron chi connectivity index (χ0n) is 7.42.